The zero-order valence-electron chi connectivity index (χ0n) is 14.4. The lowest BCUT2D eigenvalue weighted by molar-refractivity contribution is -0.137. The average molecular weight is 362 g/mol. The van der Waals surface area contributed by atoms with Crippen molar-refractivity contribution >= 4 is 0 Å². The number of alkyl halides is 3. The first-order chi connectivity index (χ1) is 12.2. The van der Waals surface area contributed by atoms with Crippen molar-refractivity contribution in [3.8, 4) is 11.3 Å². The van der Waals surface area contributed by atoms with Crippen LogP contribution in [-0.4, -0.2) is 19.7 Å². The summed E-state index contributed by atoms with van der Waals surface area (Å²) in [5.74, 6) is 0.496. The highest BCUT2D eigenvalue weighted by Gasteiger charge is 2.30. The number of nitrogens with one attached hydrogen (secondary N) is 1. The molecule has 0 amide bonds. The zero-order chi connectivity index (χ0) is 19.1. The van der Waals surface area contributed by atoms with Crippen molar-refractivity contribution in [3.05, 3.63) is 69.5 Å². The molecule has 3 aromatic rings. The van der Waals surface area contributed by atoms with Crippen LogP contribution in [0.5, 0.6) is 0 Å². The predicted molar refractivity (Wildman–Crippen MR) is 90.8 cm³/mol. The van der Waals surface area contributed by atoms with Crippen molar-refractivity contribution in [3.63, 3.8) is 0 Å². The number of H-pyrrole nitrogens is 1. The van der Waals surface area contributed by atoms with E-state index in [-0.39, 0.29) is 11.6 Å². The van der Waals surface area contributed by atoms with Crippen LogP contribution in [0.3, 0.4) is 0 Å². The second-order valence-electron chi connectivity index (χ2n) is 6.10. The van der Waals surface area contributed by atoms with E-state index in [0.29, 0.717) is 22.6 Å². The lowest BCUT2D eigenvalue weighted by atomic mass is 10.1. The van der Waals surface area contributed by atoms with E-state index >= 15 is 0 Å². The molecule has 2 heterocycles. The number of rotatable bonds is 3. The molecule has 5 nitrogen and oxygen atoms in total. The minimum atomic E-state index is -4.36. The number of benzene rings is 1. The van der Waals surface area contributed by atoms with Crippen molar-refractivity contribution < 1.29 is 13.2 Å². The van der Waals surface area contributed by atoms with Crippen molar-refractivity contribution in [1.29, 1.82) is 0 Å². The monoisotopic (exact) mass is 362 g/mol. The molecule has 1 aromatic carbocycles. The summed E-state index contributed by atoms with van der Waals surface area (Å²) in [6.45, 7) is 5.37. The summed E-state index contributed by atoms with van der Waals surface area (Å²) in [7, 11) is 0. The Labute approximate surface area is 147 Å². The first-order valence-corrected chi connectivity index (χ1v) is 7.96. The number of aromatic amines is 1. The fourth-order valence-electron chi connectivity index (χ4n) is 2.87. The van der Waals surface area contributed by atoms with E-state index in [9.17, 15) is 18.0 Å². The Morgan fingerprint density at radius 2 is 1.81 bits per heavy atom. The summed E-state index contributed by atoms with van der Waals surface area (Å²) in [5, 5.41) is 4.34. The molecule has 136 valence electrons. The number of aryl methyl sites for hydroxylation is 1. The minimum absolute atomic E-state index is 0.254. The van der Waals surface area contributed by atoms with Gasteiger partial charge < -0.3 is 4.98 Å². The highest BCUT2D eigenvalue weighted by molar-refractivity contribution is 5.60. The van der Waals surface area contributed by atoms with Crippen LogP contribution >= 0.6 is 0 Å². The minimum Gasteiger partial charge on any atom is -0.311 e. The fraction of sp³-hybridized carbons (Fsp3) is 0.278. The van der Waals surface area contributed by atoms with Gasteiger partial charge in [-0.2, -0.15) is 18.3 Å². The molecule has 0 unspecified atom stereocenters. The molecule has 1 N–H and O–H groups in total. The fourth-order valence-corrected chi connectivity index (χ4v) is 2.87. The zero-order valence-corrected chi connectivity index (χ0v) is 14.4. The summed E-state index contributed by atoms with van der Waals surface area (Å²) < 4.78 is 39.8. The largest absolute Gasteiger partial charge is 0.416 e. The molecular formula is C18H17F3N4O. The van der Waals surface area contributed by atoms with E-state index in [4.69, 9.17) is 0 Å². The lowest BCUT2D eigenvalue weighted by Gasteiger charge is -2.16. The quantitative estimate of drug-likeness (QED) is 0.769. The normalized spacial score (nSPS) is 13.0. The van der Waals surface area contributed by atoms with Crippen molar-refractivity contribution in [2.75, 3.05) is 0 Å². The van der Waals surface area contributed by atoms with Gasteiger partial charge in [0.05, 0.1) is 23.5 Å². The van der Waals surface area contributed by atoms with E-state index in [2.05, 4.69) is 15.1 Å². The van der Waals surface area contributed by atoms with E-state index in [0.717, 1.165) is 17.8 Å². The first kappa shape index (κ1) is 17.9. The Kier molecular flexibility index (Phi) is 4.43. The molecule has 26 heavy (non-hydrogen) atoms. The maximum atomic E-state index is 12.7. The SMILES string of the molecule is Cc1nc(-c2cnn([C@H](C)c3ccc(C(F)(F)F)cc3)c2C)cc(=O)[nH]1. The van der Waals surface area contributed by atoms with Crippen molar-refractivity contribution in [2.45, 2.75) is 33.0 Å². The van der Waals surface area contributed by atoms with Crippen LogP contribution in [0.4, 0.5) is 13.2 Å². The molecule has 2 aromatic heterocycles. The molecule has 0 aliphatic rings. The van der Waals surface area contributed by atoms with Crippen molar-refractivity contribution in [2.24, 2.45) is 0 Å². The molecule has 1 atom stereocenters. The van der Waals surface area contributed by atoms with Gasteiger partial charge in [0, 0.05) is 17.3 Å². The molecule has 0 spiro atoms. The average Bonchev–Trinajstić information content (AvgIpc) is 2.94. The van der Waals surface area contributed by atoms with Crippen LogP contribution in [0.1, 0.15) is 35.6 Å². The van der Waals surface area contributed by atoms with E-state index in [1.54, 1.807) is 17.8 Å². The van der Waals surface area contributed by atoms with E-state index in [1.807, 2.05) is 13.8 Å². The predicted octanol–water partition coefficient (Wildman–Crippen LogP) is 3.88. The Balaban J connectivity index is 1.95. The number of hydrogen-bond donors (Lipinski definition) is 1. The Morgan fingerprint density at radius 3 is 2.38 bits per heavy atom. The second-order valence-corrected chi connectivity index (χ2v) is 6.10. The van der Waals surface area contributed by atoms with Gasteiger partial charge in [0.1, 0.15) is 5.82 Å². The maximum absolute atomic E-state index is 12.7. The van der Waals surface area contributed by atoms with Gasteiger partial charge >= 0.3 is 6.18 Å². The molecule has 0 saturated heterocycles. The summed E-state index contributed by atoms with van der Waals surface area (Å²) >= 11 is 0. The third-order valence-electron chi connectivity index (χ3n) is 4.27. The van der Waals surface area contributed by atoms with Gasteiger partial charge in [-0.25, -0.2) is 4.98 Å². The molecule has 0 aliphatic carbocycles. The molecule has 3 rings (SSSR count). The summed E-state index contributed by atoms with van der Waals surface area (Å²) in [6.07, 6.45) is -2.75. The summed E-state index contributed by atoms with van der Waals surface area (Å²) in [6, 6.07) is 6.15. The van der Waals surface area contributed by atoms with Gasteiger partial charge in [0.25, 0.3) is 5.56 Å². The molecule has 0 aliphatic heterocycles. The maximum Gasteiger partial charge on any atom is 0.416 e. The lowest BCUT2D eigenvalue weighted by Crippen LogP contribution is -2.12. The molecule has 0 fully saturated rings. The smallest absolute Gasteiger partial charge is 0.311 e. The van der Waals surface area contributed by atoms with Crippen LogP contribution in [0.25, 0.3) is 11.3 Å². The topological polar surface area (TPSA) is 63.6 Å². The van der Waals surface area contributed by atoms with Gasteiger partial charge in [-0.3, -0.25) is 9.48 Å². The molecule has 0 radical (unpaired) electrons. The van der Waals surface area contributed by atoms with E-state index < -0.39 is 11.7 Å². The third kappa shape index (κ3) is 3.40. The number of aromatic nitrogens is 4. The van der Waals surface area contributed by atoms with Gasteiger partial charge in [0.15, 0.2) is 0 Å². The van der Waals surface area contributed by atoms with Crippen LogP contribution < -0.4 is 5.56 Å². The third-order valence-corrected chi connectivity index (χ3v) is 4.27. The van der Waals surface area contributed by atoms with Crippen LogP contribution in [0, 0.1) is 13.8 Å². The Morgan fingerprint density at radius 1 is 1.15 bits per heavy atom. The Hall–Kier alpha value is -2.90. The second kappa shape index (κ2) is 6.44. The van der Waals surface area contributed by atoms with Gasteiger partial charge in [-0.15, -0.1) is 0 Å². The van der Waals surface area contributed by atoms with Crippen LogP contribution in [0.15, 0.2) is 41.3 Å². The number of nitrogens with zero attached hydrogens (tertiary/aromatic N) is 3. The highest BCUT2D eigenvalue weighted by Crippen LogP contribution is 2.31. The van der Waals surface area contributed by atoms with Crippen LogP contribution in [0.2, 0.25) is 0 Å². The Bertz CT molecular complexity index is 987. The number of hydrogen-bond acceptors (Lipinski definition) is 3. The van der Waals surface area contributed by atoms with Gasteiger partial charge in [0.2, 0.25) is 0 Å². The van der Waals surface area contributed by atoms with Crippen molar-refractivity contribution in [1.82, 2.24) is 19.7 Å². The molecule has 8 heteroatoms. The number of halogens is 3. The highest BCUT2D eigenvalue weighted by atomic mass is 19.4. The van der Waals surface area contributed by atoms with Crippen LogP contribution in [-0.2, 0) is 6.18 Å². The first-order valence-electron chi connectivity index (χ1n) is 7.96. The standard InChI is InChI=1S/C18H17F3N4O/c1-10(13-4-6-14(7-5-13)18(19,20)21)25-11(2)15(9-22-25)16-8-17(26)24-12(3)23-16/h4-10H,1-3H3,(H,23,24,26)/t10-/m1/s1. The molecule has 0 saturated carbocycles. The molecule has 0 bridgehead atoms. The summed E-state index contributed by atoms with van der Waals surface area (Å²) in [5.41, 5.74) is 1.75. The molecular weight excluding hydrogens is 345 g/mol. The van der Waals surface area contributed by atoms with Gasteiger partial charge in [-0.05, 0) is 38.5 Å². The van der Waals surface area contributed by atoms with Gasteiger partial charge in [-0.1, -0.05) is 12.1 Å². The van der Waals surface area contributed by atoms with E-state index in [1.165, 1.54) is 18.2 Å². The summed E-state index contributed by atoms with van der Waals surface area (Å²) in [4.78, 5) is 18.6.